The van der Waals surface area contributed by atoms with Crippen LogP contribution < -0.4 is 9.47 Å². The molecule has 0 saturated carbocycles. The summed E-state index contributed by atoms with van der Waals surface area (Å²) in [7, 11) is 0. The van der Waals surface area contributed by atoms with Gasteiger partial charge in [0, 0.05) is 25.2 Å². The molecule has 34 heavy (non-hydrogen) atoms. The summed E-state index contributed by atoms with van der Waals surface area (Å²) in [5.74, 6) is -1.80. The number of aliphatic carboxylic acids is 2. The van der Waals surface area contributed by atoms with Gasteiger partial charge in [0.1, 0.15) is 5.75 Å². The molecular formula is C24H32N2O8. The number of carbonyl (C=O) groups is 2. The zero-order valence-corrected chi connectivity index (χ0v) is 19.1. The van der Waals surface area contributed by atoms with Crippen LogP contribution in [-0.4, -0.2) is 75.7 Å². The monoisotopic (exact) mass is 476 g/mol. The Morgan fingerprint density at radius 3 is 2.15 bits per heavy atom. The predicted octanol–water partition coefficient (Wildman–Crippen LogP) is 1.37. The van der Waals surface area contributed by atoms with Gasteiger partial charge in [-0.3, -0.25) is 0 Å². The first kappa shape index (κ1) is 27.0. The molecule has 1 saturated heterocycles. The van der Waals surface area contributed by atoms with E-state index in [1.54, 1.807) is 0 Å². The van der Waals surface area contributed by atoms with Gasteiger partial charge in [-0.1, -0.05) is 19.1 Å². The first-order valence-corrected chi connectivity index (χ1v) is 11.1. The summed E-state index contributed by atoms with van der Waals surface area (Å²) in [4.78, 5) is 22.1. The summed E-state index contributed by atoms with van der Waals surface area (Å²) in [5, 5.41) is 43.6. The lowest BCUT2D eigenvalue weighted by molar-refractivity contribution is -0.605. The molecule has 0 aliphatic carbocycles. The van der Waals surface area contributed by atoms with Crippen LogP contribution >= 0.6 is 0 Å². The molecule has 10 nitrogen and oxygen atoms in total. The number of ether oxygens (including phenoxy) is 1. The highest BCUT2D eigenvalue weighted by atomic mass is 16.5. The van der Waals surface area contributed by atoms with Gasteiger partial charge in [-0.05, 0) is 55.0 Å². The molecule has 1 aliphatic rings. The van der Waals surface area contributed by atoms with Crippen LogP contribution in [0.25, 0.3) is 11.1 Å². The van der Waals surface area contributed by atoms with E-state index in [9.17, 15) is 14.8 Å². The maximum atomic E-state index is 11.1. The lowest BCUT2D eigenvalue weighted by atomic mass is 10.0. The molecule has 3 rings (SSSR count). The third kappa shape index (κ3) is 8.97. The summed E-state index contributed by atoms with van der Waals surface area (Å²) in [6.45, 7) is 6.69. The summed E-state index contributed by atoms with van der Waals surface area (Å²) < 4.78 is 6.65. The number of rotatable bonds is 9. The van der Waals surface area contributed by atoms with E-state index in [-0.39, 0.29) is 0 Å². The van der Waals surface area contributed by atoms with E-state index in [0.717, 1.165) is 47.1 Å². The second-order valence-corrected chi connectivity index (χ2v) is 8.29. The maximum Gasteiger partial charge on any atom is 0.335 e. The molecule has 2 aromatic rings. The fraction of sp³-hybridized carbons (Fsp3) is 0.458. The fourth-order valence-electron chi connectivity index (χ4n) is 3.59. The predicted molar refractivity (Wildman–Crippen MR) is 123 cm³/mol. The molecule has 0 spiro atoms. The minimum Gasteiger partial charge on any atom is -0.619 e. The van der Waals surface area contributed by atoms with Crippen molar-refractivity contribution in [2.45, 2.75) is 38.4 Å². The SMILES string of the molecule is CC1CCCN(CCCOc2ccc(-c3cc[n+]([O-])cc3)cc2)C1.O=C(O)C(O)C(O)C(=O)O. The number of hydrogen-bond donors (Lipinski definition) is 4. The maximum absolute atomic E-state index is 11.1. The van der Waals surface area contributed by atoms with Crippen molar-refractivity contribution < 1.29 is 39.5 Å². The average molecular weight is 477 g/mol. The van der Waals surface area contributed by atoms with Crippen molar-refractivity contribution in [3.63, 3.8) is 0 Å². The van der Waals surface area contributed by atoms with Gasteiger partial charge >= 0.3 is 11.9 Å². The van der Waals surface area contributed by atoms with E-state index in [1.807, 2.05) is 36.4 Å². The number of likely N-dealkylation sites (tertiary alicyclic amines) is 1. The first-order valence-electron chi connectivity index (χ1n) is 11.1. The smallest absolute Gasteiger partial charge is 0.335 e. The standard InChI is InChI=1S/C20H26N2O2.C4H6O6/c1-17-4-2-11-21(16-17)12-3-15-24-20-7-5-18(6-8-20)19-9-13-22(23)14-10-19;5-1(3(7)8)2(6)4(9)10/h5-10,13-14,17H,2-4,11-12,15-16H2,1H3;1-2,5-6H,(H,7,8)(H,9,10). The molecule has 1 fully saturated rings. The Hall–Kier alpha value is -3.21. The van der Waals surface area contributed by atoms with Crippen molar-refractivity contribution in [1.29, 1.82) is 0 Å². The number of aromatic nitrogens is 1. The van der Waals surface area contributed by atoms with Crippen LogP contribution in [0.4, 0.5) is 0 Å². The van der Waals surface area contributed by atoms with Crippen LogP contribution in [-0.2, 0) is 9.59 Å². The number of pyridine rings is 1. The van der Waals surface area contributed by atoms with Gasteiger partial charge in [-0.2, -0.15) is 4.73 Å². The third-order valence-corrected chi connectivity index (χ3v) is 5.42. The third-order valence-electron chi connectivity index (χ3n) is 5.42. The molecule has 186 valence electrons. The molecule has 1 aromatic carbocycles. The Labute approximate surface area is 198 Å². The number of piperidine rings is 1. The Morgan fingerprint density at radius 1 is 1.06 bits per heavy atom. The molecule has 10 heteroatoms. The molecule has 1 aliphatic heterocycles. The second kappa shape index (κ2) is 13.5. The van der Waals surface area contributed by atoms with E-state index < -0.39 is 24.1 Å². The van der Waals surface area contributed by atoms with Crippen LogP contribution in [0, 0.1) is 11.1 Å². The van der Waals surface area contributed by atoms with Gasteiger partial charge in [0.05, 0.1) is 6.61 Å². The molecular weight excluding hydrogens is 444 g/mol. The number of carboxylic acid groups (broad SMARTS) is 2. The number of hydrogen-bond acceptors (Lipinski definition) is 7. The number of aliphatic hydroxyl groups excluding tert-OH is 2. The van der Waals surface area contributed by atoms with Gasteiger partial charge < -0.3 is 35.3 Å². The summed E-state index contributed by atoms with van der Waals surface area (Å²) in [6, 6.07) is 11.7. The Kier molecular flexibility index (Phi) is 10.7. The first-order chi connectivity index (χ1) is 16.2. The van der Waals surface area contributed by atoms with E-state index in [0.29, 0.717) is 0 Å². The molecule has 4 N–H and O–H groups in total. The number of aliphatic hydroxyl groups is 2. The zero-order valence-electron chi connectivity index (χ0n) is 19.1. The lowest BCUT2D eigenvalue weighted by Crippen LogP contribution is -2.39. The molecule has 0 radical (unpaired) electrons. The highest BCUT2D eigenvalue weighted by Gasteiger charge is 2.29. The van der Waals surface area contributed by atoms with Crippen LogP contribution in [0.15, 0.2) is 48.8 Å². The second-order valence-electron chi connectivity index (χ2n) is 8.29. The minimum absolute atomic E-state index is 0.756. The van der Waals surface area contributed by atoms with Crippen molar-refractivity contribution in [2.24, 2.45) is 5.92 Å². The zero-order chi connectivity index (χ0) is 25.1. The quantitative estimate of drug-likeness (QED) is 0.239. The Morgan fingerprint density at radius 2 is 1.62 bits per heavy atom. The summed E-state index contributed by atoms with van der Waals surface area (Å²) in [6.07, 6.45) is 2.26. The van der Waals surface area contributed by atoms with Gasteiger partial charge in [-0.15, -0.1) is 0 Å². The largest absolute Gasteiger partial charge is 0.619 e. The Balaban J connectivity index is 0.000000347. The number of nitrogens with zero attached hydrogens (tertiary/aromatic N) is 2. The Bertz CT molecular complexity index is 886. The van der Waals surface area contributed by atoms with Crippen molar-refractivity contribution in [3.05, 3.63) is 54.0 Å². The van der Waals surface area contributed by atoms with E-state index in [1.165, 1.54) is 38.3 Å². The van der Waals surface area contributed by atoms with E-state index in [2.05, 4.69) is 11.8 Å². The van der Waals surface area contributed by atoms with Crippen molar-refractivity contribution in [2.75, 3.05) is 26.2 Å². The fourth-order valence-corrected chi connectivity index (χ4v) is 3.59. The summed E-state index contributed by atoms with van der Waals surface area (Å²) >= 11 is 0. The van der Waals surface area contributed by atoms with Crippen LogP contribution in [0.1, 0.15) is 26.2 Å². The van der Waals surface area contributed by atoms with Gasteiger partial charge in [-0.25, -0.2) is 9.59 Å². The minimum atomic E-state index is -2.27. The molecule has 0 bridgehead atoms. The highest BCUT2D eigenvalue weighted by Crippen LogP contribution is 2.21. The summed E-state index contributed by atoms with van der Waals surface area (Å²) in [5.41, 5.74) is 2.12. The van der Waals surface area contributed by atoms with Gasteiger partial charge in [0.15, 0.2) is 24.6 Å². The van der Waals surface area contributed by atoms with Crippen molar-refractivity contribution >= 4 is 11.9 Å². The molecule has 3 atom stereocenters. The van der Waals surface area contributed by atoms with Crippen LogP contribution in [0.2, 0.25) is 0 Å². The lowest BCUT2D eigenvalue weighted by Gasteiger charge is -2.30. The topological polar surface area (TPSA) is 154 Å². The molecule has 0 amide bonds. The molecule has 1 aromatic heterocycles. The van der Waals surface area contributed by atoms with Gasteiger partial charge in [0.25, 0.3) is 0 Å². The van der Waals surface area contributed by atoms with Crippen LogP contribution in [0.5, 0.6) is 5.75 Å². The number of carboxylic acids is 2. The van der Waals surface area contributed by atoms with Crippen molar-refractivity contribution in [3.8, 4) is 16.9 Å². The van der Waals surface area contributed by atoms with E-state index >= 15 is 0 Å². The van der Waals surface area contributed by atoms with Crippen LogP contribution in [0.3, 0.4) is 0 Å². The number of benzene rings is 1. The molecule has 2 heterocycles. The highest BCUT2D eigenvalue weighted by molar-refractivity contribution is 5.83. The average Bonchev–Trinajstić information content (AvgIpc) is 2.82. The van der Waals surface area contributed by atoms with Crippen molar-refractivity contribution in [1.82, 2.24) is 4.90 Å². The van der Waals surface area contributed by atoms with E-state index in [4.69, 9.17) is 25.2 Å². The molecule has 3 unspecified atom stereocenters. The normalized spacial score (nSPS) is 17.7. The van der Waals surface area contributed by atoms with Gasteiger partial charge in [0.2, 0.25) is 0 Å².